The van der Waals surface area contributed by atoms with Gasteiger partial charge in [-0.05, 0) is 18.4 Å². The van der Waals surface area contributed by atoms with Crippen LogP contribution in [0, 0.1) is 0 Å². The molecule has 7 heteroatoms. The summed E-state index contributed by atoms with van der Waals surface area (Å²) in [5.74, 6) is 0.858. The van der Waals surface area contributed by atoms with Gasteiger partial charge < -0.3 is 11.1 Å². The van der Waals surface area contributed by atoms with E-state index in [1.807, 2.05) is 30.3 Å². The fraction of sp³-hybridized carbons (Fsp3) is 0.421. The minimum atomic E-state index is -0.160. The topological polar surface area (TPSA) is 105 Å². The van der Waals surface area contributed by atoms with E-state index in [4.69, 9.17) is 5.73 Å². The molecule has 2 aromatic rings. The first-order valence-electron chi connectivity index (χ1n) is 9.18. The van der Waals surface area contributed by atoms with Crippen LogP contribution in [0.1, 0.15) is 44.1 Å². The number of anilines is 3. The number of amides is 1. The summed E-state index contributed by atoms with van der Waals surface area (Å²) >= 11 is 0. The second-order valence-electron chi connectivity index (χ2n) is 6.65. The van der Waals surface area contributed by atoms with Gasteiger partial charge in [0.25, 0.3) is 0 Å². The lowest BCUT2D eigenvalue weighted by molar-refractivity contribution is -0.119. The molecular formula is C19H26N6O. The number of nitrogens with zero attached hydrogens (tertiary/aromatic N) is 2. The zero-order chi connectivity index (χ0) is 18.2. The van der Waals surface area contributed by atoms with Gasteiger partial charge in [-0.2, -0.15) is 0 Å². The third-order valence-electron chi connectivity index (χ3n) is 4.61. The summed E-state index contributed by atoms with van der Waals surface area (Å²) in [5, 5.41) is 3.43. The third kappa shape index (κ3) is 5.08. The minimum absolute atomic E-state index is 0.160. The van der Waals surface area contributed by atoms with E-state index in [1.54, 1.807) is 0 Å². The number of hydrogen-bond donors (Lipinski definition) is 4. The van der Waals surface area contributed by atoms with Crippen LogP contribution >= 0.6 is 0 Å². The number of carbonyl (C=O) groups is 1. The normalized spacial score (nSPS) is 15.1. The molecule has 1 aromatic carbocycles. The second-order valence-corrected chi connectivity index (χ2v) is 6.65. The van der Waals surface area contributed by atoms with Gasteiger partial charge in [0, 0.05) is 6.04 Å². The number of aromatic nitrogens is 2. The lowest BCUT2D eigenvalue weighted by Gasteiger charge is -2.19. The van der Waals surface area contributed by atoms with Gasteiger partial charge >= 0.3 is 0 Å². The van der Waals surface area contributed by atoms with Crippen LogP contribution in [0.5, 0.6) is 0 Å². The molecule has 3 rings (SSSR count). The van der Waals surface area contributed by atoms with Crippen LogP contribution in [0.3, 0.4) is 0 Å². The van der Waals surface area contributed by atoms with Gasteiger partial charge in [-0.3, -0.25) is 15.6 Å². The van der Waals surface area contributed by atoms with E-state index in [2.05, 4.69) is 26.1 Å². The molecule has 1 saturated carbocycles. The predicted octanol–water partition coefficient (Wildman–Crippen LogP) is 2.88. The summed E-state index contributed by atoms with van der Waals surface area (Å²) in [6.07, 6.45) is 9.01. The minimum Gasteiger partial charge on any atom is -0.393 e. The van der Waals surface area contributed by atoms with Crippen LogP contribution in [0.25, 0.3) is 0 Å². The Bertz CT molecular complexity index is 713. The van der Waals surface area contributed by atoms with Gasteiger partial charge in [0.15, 0.2) is 11.6 Å². The summed E-state index contributed by atoms with van der Waals surface area (Å²) in [6, 6.07) is 9.94. The molecule has 0 spiro atoms. The van der Waals surface area contributed by atoms with Gasteiger partial charge in [-0.15, -0.1) is 0 Å². The molecule has 0 unspecified atom stereocenters. The van der Waals surface area contributed by atoms with Crippen molar-refractivity contribution in [2.75, 3.05) is 16.5 Å². The second kappa shape index (κ2) is 9.03. The highest BCUT2D eigenvalue weighted by Gasteiger charge is 2.16. The smallest absolute Gasteiger partial charge is 0.242 e. The molecule has 0 atom stereocenters. The van der Waals surface area contributed by atoms with Crippen LogP contribution < -0.4 is 21.9 Å². The van der Waals surface area contributed by atoms with Crippen molar-refractivity contribution in [2.45, 2.75) is 51.0 Å². The molecule has 138 valence electrons. The number of benzene rings is 1. The summed E-state index contributed by atoms with van der Waals surface area (Å²) in [6.45, 7) is 0. The van der Waals surface area contributed by atoms with Crippen molar-refractivity contribution in [3.8, 4) is 0 Å². The predicted molar refractivity (Wildman–Crippen MR) is 103 cm³/mol. The van der Waals surface area contributed by atoms with Crippen LogP contribution in [-0.4, -0.2) is 21.9 Å². The number of carbonyl (C=O) groups excluding carboxylic acids is 1. The van der Waals surface area contributed by atoms with Crippen molar-refractivity contribution in [2.24, 2.45) is 0 Å². The Labute approximate surface area is 153 Å². The largest absolute Gasteiger partial charge is 0.393 e. The highest BCUT2D eigenvalue weighted by molar-refractivity contribution is 5.81. The maximum atomic E-state index is 12.1. The van der Waals surface area contributed by atoms with Crippen LogP contribution in [0.2, 0.25) is 0 Å². The third-order valence-corrected chi connectivity index (χ3v) is 4.61. The molecular weight excluding hydrogens is 328 g/mol. The molecule has 1 heterocycles. The number of hydrazine groups is 1. The van der Waals surface area contributed by atoms with Gasteiger partial charge in [-0.25, -0.2) is 9.97 Å². The van der Waals surface area contributed by atoms with Gasteiger partial charge in [0.1, 0.15) is 12.0 Å². The molecule has 1 amide bonds. The Morgan fingerprint density at radius 3 is 2.46 bits per heavy atom. The quantitative estimate of drug-likeness (QED) is 0.470. The summed E-state index contributed by atoms with van der Waals surface area (Å²) < 4.78 is 0. The Kier molecular flexibility index (Phi) is 6.24. The van der Waals surface area contributed by atoms with Crippen molar-refractivity contribution in [1.29, 1.82) is 0 Å². The molecule has 1 fully saturated rings. The van der Waals surface area contributed by atoms with Crippen LogP contribution in [0.15, 0.2) is 36.7 Å². The molecule has 1 aliphatic carbocycles. The Hall–Kier alpha value is -2.83. The maximum absolute atomic E-state index is 12.1. The van der Waals surface area contributed by atoms with E-state index >= 15 is 0 Å². The molecule has 0 bridgehead atoms. The summed E-state index contributed by atoms with van der Waals surface area (Å²) in [5.41, 5.74) is 13.0. The molecule has 1 aromatic heterocycles. The van der Waals surface area contributed by atoms with E-state index < -0.39 is 0 Å². The molecule has 0 aliphatic heterocycles. The molecule has 1 aliphatic rings. The van der Waals surface area contributed by atoms with Gasteiger partial charge in [-0.1, -0.05) is 56.0 Å². The lowest BCUT2D eigenvalue weighted by atomic mass is 10.1. The van der Waals surface area contributed by atoms with E-state index in [-0.39, 0.29) is 12.3 Å². The summed E-state index contributed by atoms with van der Waals surface area (Å²) in [7, 11) is 0. The van der Waals surface area contributed by atoms with E-state index in [0.29, 0.717) is 23.4 Å². The fourth-order valence-electron chi connectivity index (χ4n) is 3.18. The number of nitrogens with one attached hydrogen (secondary N) is 3. The molecule has 7 nitrogen and oxygen atoms in total. The molecule has 26 heavy (non-hydrogen) atoms. The SMILES string of the molecule is Nc1c(NNC(=O)Cc2ccccc2)ncnc1NC1CCCCCC1. The van der Waals surface area contributed by atoms with Crippen molar-refractivity contribution in [1.82, 2.24) is 15.4 Å². The highest BCUT2D eigenvalue weighted by Crippen LogP contribution is 2.26. The number of rotatable bonds is 6. The summed E-state index contributed by atoms with van der Waals surface area (Å²) in [4.78, 5) is 20.4. The van der Waals surface area contributed by atoms with Crippen LogP contribution in [0.4, 0.5) is 17.3 Å². The lowest BCUT2D eigenvalue weighted by Crippen LogP contribution is -2.32. The maximum Gasteiger partial charge on any atom is 0.242 e. The van der Waals surface area contributed by atoms with Crippen molar-refractivity contribution in [3.63, 3.8) is 0 Å². The molecule has 0 radical (unpaired) electrons. The standard InChI is InChI=1S/C19H26N6O/c20-17-18(23-15-10-6-1-2-7-11-15)21-13-22-19(17)25-24-16(26)12-14-8-4-3-5-9-14/h3-5,8-9,13,15H,1-2,6-7,10-12,20H2,(H,24,26)(H2,21,22,23,25). The monoisotopic (exact) mass is 354 g/mol. The average molecular weight is 354 g/mol. The number of nitrogens with two attached hydrogens (primary N) is 1. The van der Waals surface area contributed by atoms with Crippen LogP contribution in [-0.2, 0) is 11.2 Å². The van der Waals surface area contributed by atoms with Crippen molar-refractivity contribution in [3.05, 3.63) is 42.2 Å². The fourth-order valence-corrected chi connectivity index (χ4v) is 3.18. The van der Waals surface area contributed by atoms with Gasteiger partial charge in [0.05, 0.1) is 6.42 Å². The zero-order valence-corrected chi connectivity index (χ0v) is 14.9. The first-order valence-corrected chi connectivity index (χ1v) is 9.18. The first kappa shape index (κ1) is 18.0. The molecule has 5 N–H and O–H groups in total. The van der Waals surface area contributed by atoms with E-state index in [1.165, 1.54) is 32.0 Å². The number of nitrogen functional groups attached to an aromatic ring is 1. The Morgan fingerprint density at radius 2 is 1.73 bits per heavy atom. The molecule has 0 saturated heterocycles. The first-order chi connectivity index (χ1) is 12.7. The van der Waals surface area contributed by atoms with Crippen molar-refractivity contribution >= 4 is 23.2 Å². The van der Waals surface area contributed by atoms with Gasteiger partial charge in [0.2, 0.25) is 5.91 Å². The zero-order valence-electron chi connectivity index (χ0n) is 14.9. The van der Waals surface area contributed by atoms with Crippen molar-refractivity contribution < 1.29 is 4.79 Å². The highest BCUT2D eigenvalue weighted by atomic mass is 16.2. The number of hydrogen-bond acceptors (Lipinski definition) is 6. The van der Waals surface area contributed by atoms with E-state index in [9.17, 15) is 4.79 Å². The van der Waals surface area contributed by atoms with E-state index in [0.717, 1.165) is 18.4 Å². The Morgan fingerprint density at radius 1 is 1.04 bits per heavy atom. The average Bonchev–Trinajstić information content (AvgIpc) is 2.92. The Balaban J connectivity index is 1.57.